The van der Waals surface area contributed by atoms with Crippen LogP contribution in [0.5, 0.6) is 0 Å². The summed E-state index contributed by atoms with van der Waals surface area (Å²) < 4.78 is 0. The molecule has 0 radical (unpaired) electrons. The third kappa shape index (κ3) is 8.94. The predicted molar refractivity (Wildman–Crippen MR) is 115 cm³/mol. The van der Waals surface area contributed by atoms with Gasteiger partial charge in [0.05, 0.1) is 26.7 Å². The molecule has 1 aliphatic rings. The molecule has 0 aromatic carbocycles. The smallest absolute Gasteiger partial charge is 0.225 e. The van der Waals surface area contributed by atoms with Gasteiger partial charge in [0.15, 0.2) is 0 Å². The van der Waals surface area contributed by atoms with E-state index in [4.69, 9.17) is 0 Å². The summed E-state index contributed by atoms with van der Waals surface area (Å²) in [5.41, 5.74) is 0. The highest BCUT2D eigenvalue weighted by Crippen LogP contribution is 2.19. The van der Waals surface area contributed by atoms with Crippen LogP contribution in [0.2, 0.25) is 0 Å². The van der Waals surface area contributed by atoms with Crippen LogP contribution in [0.3, 0.4) is 0 Å². The van der Waals surface area contributed by atoms with Crippen molar-refractivity contribution in [1.29, 1.82) is 0 Å². The van der Waals surface area contributed by atoms with Gasteiger partial charge in [0.25, 0.3) is 0 Å². The molecule has 1 aliphatic heterocycles. The highest BCUT2D eigenvalue weighted by Gasteiger charge is 2.30. The largest absolute Gasteiger partial charge is 0.338 e. The van der Waals surface area contributed by atoms with E-state index in [-0.39, 0.29) is 80.4 Å². The van der Waals surface area contributed by atoms with E-state index in [1.807, 2.05) is 13.8 Å². The van der Waals surface area contributed by atoms with Crippen molar-refractivity contribution < 1.29 is 24.0 Å². The van der Waals surface area contributed by atoms with Crippen LogP contribution in [-0.4, -0.2) is 70.9 Å². The molecule has 176 valence electrons. The standard InChI is InChI=1S/C21H37N5O5/c1-14(2)9-18(21(31)23-10-22-20(30)15(3)4)7-8-19(29)26-12-24(16(5)27)11-25(13-26)17(6)28/h14-15,18H,7-13H2,1-6H3,(H,22,30)(H,23,31). The number of nitrogens with zero attached hydrogens (tertiary/aromatic N) is 3. The molecule has 1 fully saturated rings. The summed E-state index contributed by atoms with van der Waals surface area (Å²) in [6.07, 6.45) is 1.08. The van der Waals surface area contributed by atoms with Crippen molar-refractivity contribution in [2.75, 3.05) is 26.7 Å². The van der Waals surface area contributed by atoms with Crippen LogP contribution in [0, 0.1) is 17.8 Å². The van der Waals surface area contributed by atoms with E-state index < -0.39 is 0 Å². The van der Waals surface area contributed by atoms with Crippen LogP contribution in [0.4, 0.5) is 0 Å². The fraction of sp³-hybridized carbons (Fsp3) is 0.762. The number of nitrogens with one attached hydrogen (secondary N) is 2. The molecule has 0 spiro atoms. The van der Waals surface area contributed by atoms with E-state index in [0.717, 1.165) is 0 Å². The third-order valence-corrected chi connectivity index (χ3v) is 5.15. The Labute approximate surface area is 184 Å². The number of carbonyl (C=O) groups is 5. The Morgan fingerprint density at radius 1 is 0.774 bits per heavy atom. The van der Waals surface area contributed by atoms with Crippen molar-refractivity contribution >= 4 is 29.5 Å². The first-order valence-corrected chi connectivity index (χ1v) is 10.8. The van der Waals surface area contributed by atoms with Gasteiger partial charge >= 0.3 is 0 Å². The highest BCUT2D eigenvalue weighted by atomic mass is 16.2. The third-order valence-electron chi connectivity index (χ3n) is 5.15. The molecule has 1 rings (SSSR count). The Hall–Kier alpha value is -2.65. The lowest BCUT2D eigenvalue weighted by atomic mass is 9.92. The van der Waals surface area contributed by atoms with Crippen LogP contribution in [0.15, 0.2) is 0 Å². The maximum Gasteiger partial charge on any atom is 0.225 e. The fourth-order valence-electron chi connectivity index (χ4n) is 3.26. The molecule has 0 saturated carbocycles. The maximum atomic E-state index is 12.8. The normalized spacial score (nSPS) is 15.2. The first-order chi connectivity index (χ1) is 14.4. The van der Waals surface area contributed by atoms with E-state index in [1.54, 1.807) is 13.8 Å². The van der Waals surface area contributed by atoms with Crippen molar-refractivity contribution in [1.82, 2.24) is 25.3 Å². The molecule has 31 heavy (non-hydrogen) atoms. The number of carbonyl (C=O) groups excluding carboxylic acids is 5. The molecular formula is C21H37N5O5. The van der Waals surface area contributed by atoms with Crippen molar-refractivity contribution in [3.63, 3.8) is 0 Å². The molecule has 2 N–H and O–H groups in total. The van der Waals surface area contributed by atoms with Gasteiger partial charge in [-0.2, -0.15) is 0 Å². The first-order valence-electron chi connectivity index (χ1n) is 10.8. The highest BCUT2D eigenvalue weighted by molar-refractivity contribution is 5.83. The Bertz CT molecular complexity index is 657. The topological polar surface area (TPSA) is 119 Å². The Morgan fingerprint density at radius 3 is 1.71 bits per heavy atom. The minimum Gasteiger partial charge on any atom is -0.338 e. The van der Waals surface area contributed by atoms with Gasteiger partial charge in [0, 0.05) is 32.1 Å². The Balaban J connectivity index is 2.68. The maximum absolute atomic E-state index is 12.8. The van der Waals surface area contributed by atoms with Crippen LogP contribution in [0.1, 0.15) is 60.8 Å². The van der Waals surface area contributed by atoms with Crippen molar-refractivity contribution in [2.24, 2.45) is 17.8 Å². The second kappa shape index (κ2) is 12.3. The van der Waals surface area contributed by atoms with Crippen molar-refractivity contribution in [3.8, 4) is 0 Å². The fourth-order valence-corrected chi connectivity index (χ4v) is 3.26. The lowest BCUT2D eigenvalue weighted by Gasteiger charge is -2.41. The molecule has 0 bridgehead atoms. The zero-order valence-corrected chi connectivity index (χ0v) is 19.6. The second-order valence-electron chi connectivity index (χ2n) is 8.75. The van der Waals surface area contributed by atoms with Gasteiger partial charge in [0.2, 0.25) is 29.5 Å². The zero-order chi connectivity index (χ0) is 23.7. The number of rotatable bonds is 9. The van der Waals surface area contributed by atoms with E-state index in [1.165, 1.54) is 28.5 Å². The molecule has 0 aromatic rings. The quantitative estimate of drug-likeness (QED) is 0.512. The van der Waals surface area contributed by atoms with Crippen molar-refractivity contribution in [3.05, 3.63) is 0 Å². The monoisotopic (exact) mass is 439 g/mol. The number of hydrogen-bond acceptors (Lipinski definition) is 5. The average molecular weight is 440 g/mol. The summed E-state index contributed by atoms with van der Waals surface area (Å²) in [4.78, 5) is 64.9. The molecule has 1 saturated heterocycles. The Morgan fingerprint density at radius 2 is 1.26 bits per heavy atom. The SMILES string of the molecule is CC(=O)N1CN(C(C)=O)CN(C(=O)CCC(CC(C)C)C(=O)NCNC(=O)C(C)C)C1. The molecule has 1 atom stereocenters. The average Bonchev–Trinajstić information content (AvgIpc) is 2.69. The lowest BCUT2D eigenvalue weighted by Crippen LogP contribution is -2.58. The summed E-state index contributed by atoms with van der Waals surface area (Å²) in [5, 5.41) is 5.37. The number of amides is 5. The summed E-state index contributed by atoms with van der Waals surface area (Å²) in [7, 11) is 0. The number of hydrogen-bond donors (Lipinski definition) is 2. The summed E-state index contributed by atoms with van der Waals surface area (Å²) in [6, 6.07) is 0. The van der Waals surface area contributed by atoms with E-state index in [9.17, 15) is 24.0 Å². The molecule has 1 unspecified atom stereocenters. The lowest BCUT2D eigenvalue weighted by molar-refractivity contribution is -0.156. The van der Waals surface area contributed by atoms with Gasteiger partial charge in [-0.1, -0.05) is 27.7 Å². The van der Waals surface area contributed by atoms with E-state index in [2.05, 4.69) is 10.6 Å². The van der Waals surface area contributed by atoms with Crippen molar-refractivity contribution in [2.45, 2.75) is 60.8 Å². The Kier molecular flexibility index (Phi) is 10.4. The van der Waals surface area contributed by atoms with Gasteiger partial charge in [-0.25, -0.2) is 0 Å². The van der Waals surface area contributed by atoms with Crippen LogP contribution in [0.25, 0.3) is 0 Å². The molecular weight excluding hydrogens is 402 g/mol. The van der Waals surface area contributed by atoms with E-state index in [0.29, 0.717) is 12.8 Å². The van der Waals surface area contributed by atoms with Gasteiger partial charge in [-0.15, -0.1) is 0 Å². The molecule has 1 heterocycles. The van der Waals surface area contributed by atoms with Gasteiger partial charge in [-0.3, -0.25) is 24.0 Å². The summed E-state index contributed by atoms with van der Waals surface area (Å²) in [6.45, 7) is 10.8. The first kappa shape index (κ1) is 26.4. The predicted octanol–water partition coefficient (Wildman–Crippen LogP) is 0.687. The molecule has 0 aromatic heterocycles. The molecule has 5 amide bonds. The molecule has 0 aliphatic carbocycles. The van der Waals surface area contributed by atoms with Crippen LogP contribution < -0.4 is 10.6 Å². The summed E-state index contributed by atoms with van der Waals surface area (Å²) >= 11 is 0. The summed E-state index contributed by atoms with van der Waals surface area (Å²) in [5.74, 6) is -1.30. The molecule has 10 nitrogen and oxygen atoms in total. The van der Waals surface area contributed by atoms with E-state index >= 15 is 0 Å². The zero-order valence-electron chi connectivity index (χ0n) is 19.6. The minimum atomic E-state index is -0.377. The van der Waals surface area contributed by atoms with Gasteiger partial charge < -0.3 is 25.3 Å². The van der Waals surface area contributed by atoms with Gasteiger partial charge in [-0.05, 0) is 18.8 Å². The van der Waals surface area contributed by atoms with Gasteiger partial charge in [0.1, 0.15) is 0 Å². The molecule has 10 heteroatoms. The second-order valence-corrected chi connectivity index (χ2v) is 8.75. The van der Waals surface area contributed by atoms with Crippen LogP contribution in [-0.2, 0) is 24.0 Å². The van der Waals surface area contributed by atoms with Crippen LogP contribution >= 0.6 is 0 Å². The minimum absolute atomic E-state index is 0.0473.